The first-order valence-corrected chi connectivity index (χ1v) is 11.6. The maximum Gasteiger partial charge on any atom is 0.275 e. The zero-order valence-corrected chi connectivity index (χ0v) is 19.1. The fraction of sp³-hybridized carbons (Fsp3) is 0.320. The van der Waals surface area contributed by atoms with Crippen LogP contribution in [0.2, 0.25) is 0 Å². The van der Waals surface area contributed by atoms with E-state index < -0.39 is 0 Å². The van der Waals surface area contributed by atoms with Gasteiger partial charge in [0.25, 0.3) is 5.56 Å². The number of benzene rings is 2. The molecule has 2 aromatic carbocycles. The van der Waals surface area contributed by atoms with Gasteiger partial charge in [-0.15, -0.1) is 0 Å². The van der Waals surface area contributed by atoms with E-state index in [4.69, 9.17) is 4.98 Å². The molecule has 0 radical (unpaired) electrons. The van der Waals surface area contributed by atoms with Crippen LogP contribution in [0.4, 0.5) is 0 Å². The van der Waals surface area contributed by atoms with Gasteiger partial charge in [-0.2, -0.15) is 9.61 Å². The van der Waals surface area contributed by atoms with Crippen LogP contribution in [0.15, 0.2) is 65.5 Å². The summed E-state index contributed by atoms with van der Waals surface area (Å²) in [5.74, 6) is 0.532. The van der Waals surface area contributed by atoms with E-state index in [1.165, 1.54) is 27.0 Å². The second-order valence-electron chi connectivity index (χ2n) is 8.16. The van der Waals surface area contributed by atoms with E-state index >= 15 is 0 Å². The Morgan fingerprint density at radius 1 is 1.03 bits per heavy atom. The van der Waals surface area contributed by atoms with Gasteiger partial charge in [0.2, 0.25) is 4.96 Å². The van der Waals surface area contributed by atoms with Crippen molar-refractivity contribution in [2.75, 3.05) is 6.54 Å². The molecule has 2 aromatic heterocycles. The topological polar surface area (TPSA) is 50.5 Å². The van der Waals surface area contributed by atoms with E-state index in [0.29, 0.717) is 17.4 Å². The molecule has 0 N–H and O–H groups in total. The second-order valence-corrected chi connectivity index (χ2v) is 9.12. The van der Waals surface area contributed by atoms with Gasteiger partial charge in [-0.3, -0.25) is 9.69 Å². The highest BCUT2D eigenvalue weighted by Crippen LogP contribution is 2.24. The third-order valence-electron chi connectivity index (χ3n) is 5.30. The van der Waals surface area contributed by atoms with E-state index in [9.17, 15) is 4.79 Å². The Kier molecular flexibility index (Phi) is 6.59. The number of nitrogens with zero attached hydrogens (tertiary/aromatic N) is 4. The molecule has 0 bridgehead atoms. The fourth-order valence-electron chi connectivity index (χ4n) is 3.66. The third-order valence-corrected chi connectivity index (χ3v) is 6.25. The van der Waals surface area contributed by atoms with Crippen LogP contribution >= 0.6 is 11.3 Å². The average molecular weight is 433 g/mol. The summed E-state index contributed by atoms with van der Waals surface area (Å²) in [5.41, 5.74) is 4.29. The Balaban J connectivity index is 1.56. The van der Waals surface area contributed by atoms with Gasteiger partial charge in [0, 0.05) is 24.7 Å². The Bertz CT molecular complexity index is 1200. The van der Waals surface area contributed by atoms with Gasteiger partial charge in [0.1, 0.15) is 5.01 Å². The molecule has 0 spiro atoms. The summed E-state index contributed by atoms with van der Waals surface area (Å²) in [4.78, 5) is 20.4. The molecule has 0 saturated heterocycles. The Morgan fingerprint density at radius 2 is 1.77 bits per heavy atom. The zero-order chi connectivity index (χ0) is 21.8. The van der Waals surface area contributed by atoms with Crippen LogP contribution < -0.4 is 5.56 Å². The summed E-state index contributed by atoms with van der Waals surface area (Å²) in [6.07, 6.45) is 1.05. The molecule has 4 rings (SSSR count). The summed E-state index contributed by atoms with van der Waals surface area (Å²) >= 11 is 1.45. The van der Waals surface area contributed by atoms with Crippen molar-refractivity contribution < 1.29 is 0 Å². The number of hydrogen-bond donors (Lipinski definition) is 0. The molecule has 0 unspecified atom stereocenters. The fourth-order valence-corrected chi connectivity index (χ4v) is 4.59. The van der Waals surface area contributed by atoms with Crippen LogP contribution in [-0.4, -0.2) is 26.0 Å². The minimum Gasteiger partial charge on any atom is -0.293 e. The smallest absolute Gasteiger partial charge is 0.275 e. The van der Waals surface area contributed by atoms with Gasteiger partial charge in [0.15, 0.2) is 0 Å². The molecule has 0 aliphatic heterocycles. The molecule has 0 fully saturated rings. The molecule has 0 saturated carbocycles. The number of aromatic nitrogens is 3. The summed E-state index contributed by atoms with van der Waals surface area (Å²) in [6, 6.07) is 20.4. The summed E-state index contributed by atoms with van der Waals surface area (Å²) < 4.78 is 1.41. The largest absolute Gasteiger partial charge is 0.293 e. The molecular weight excluding hydrogens is 404 g/mol. The first kappa shape index (κ1) is 21.4. The van der Waals surface area contributed by atoms with E-state index in [1.807, 2.05) is 30.3 Å². The van der Waals surface area contributed by atoms with Crippen molar-refractivity contribution in [1.82, 2.24) is 19.5 Å². The lowest BCUT2D eigenvalue weighted by atomic mass is 10.0. The lowest BCUT2D eigenvalue weighted by Crippen LogP contribution is -2.26. The number of fused-ring (bicyclic) bond motifs is 1. The Hall–Kier alpha value is -2.83. The zero-order valence-electron chi connectivity index (χ0n) is 18.3. The van der Waals surface area contributed by atoms with E-state index in [2.05, 4.69) is 55.0 Å². The molecular formula is C25H28N4OS. The summed E-state index contributed by atoms with van der Waals surface area (Å²) in [5, 5.41) is 5.28. The van der Waals surface area contributed by atoms with Crippen molar-refractivity contribution in [3.63, 3.8) is 0 Å². The highest BCUT2D eigenvalue weighted by molar-refractivity contribution is 7.19. The highest BCUT2D eigenvalue weighted by atomic mass is 32.1. The number of hydrogen-bond acceptors (Lipinski definition) is 5. The highest BCUT2D eigenvalue weighted by Gasteiger charge is 2.13. The van der Waals surface area contributed by atoms with E-state index in [1.54, 1.807) is 6.07 Å². The van der Waals surface area contributed by atoms with Gasteiger partial charge in [-0.1, -0.05) is 86.7 Å². The van der Waals surface area contributed by atoms with Crippen molar-refractivity contribution in [2.45, 2.75) is 46.2 Å². The van der Waals surface area contributed by atoms with Crippen LogP contribution in [-0.2, 0) is 13.1 Å². The number of rotatable bonds is 8. The van der Waals surface area contributed by atoms with Gasteiger partial charge >= 0.3 is 0 Å². The molecule has 6 heteroatoms. The minimum atomic E-state index is -0.129. The Labute approximate surface area is 187 Å². The quantitative estimate of drug-likeness (QED) is 0.376. The first-order valence-electron chi connectivity index (χ1n) is 10.8. The molecule has 4 aromatic rings. The molecule has 0 aliphatic carbocycles. The predicted molar refractivity (Wildman–Crippen MR) is 128 cm³/mol. The SMILES string of the molecule is CCCN(Cc1ccc(C(C)C)cc1)Cc1cc(=O)n2nc(-c3ccccc3)sc2n1. The predicted octanol–water partition coefficient (Wildman–Crippen LogP) is 5.35. The van der Waals surface area contributed by atoms with Crippen molar-refractivity contribution in [2.24, 2.45) is 0 Å². The standard InChI is InChI=1S/C25H28N4OS/c1-4-14-28(16-19-10-12-20(13-11-19)18(2)3)17-22-15-23(30)29-25(26-22)31-24(27-29)21-8-6-5-7-9-21/h5-13,15,18H,4,14,16-17H2,1-3H3. The van der Waals surface area contributed by atoms with Crippen LogP contribution in [0, 0.1) is 0 Å². The van der Waals surface area contributed by atoms with Crippen molar-refractivity contribution in [3.8, 4) is 10.6 Å². The van der Waals surface area contributed by atoms with Crippen LogP contribution in [0.25, 0.3) is 15.5 Å². The molecule has 0 aliphatic rings. The lowest BCUT2D eigenvalue weighted by Gasteiger charge is -2.21. The van der Waals surface area contributed by atoms with Crippen molar-refractivity contribution >= 4 is 16.3 Å². The monoisotopic (exact) mass is 432 g/mol. The van der Waals surface area contributed by atoms with E-state index in [0.717, 1.165) is 35.8 Å². The average Bonchev–Trinajstić information content (AvgIpc) is 3.20. The minimum absolute atomic E-state index is 0.129. The normalized spacial score (nSPS) is 11.6. The molecule has 0 atom stereocenters. The summed E-state index contributed by atoms with van der Waals surface area (Å²) in [6.45, 7) is 9.03. The molecule has 2 heterocycles. The van der Waals surface area contributed by atoms with Crippen molar-refractivity contribution in [3.05, 3.63) is 87.8 Å². The van der Waals surface area contributed by atoms with Crippen LogP contribution in [0.3, 0.4) is 0 Å². The van der Waals surface area contributed by atoms with Crippen LogP contribution in [0.1, 0.15) is 49.9 Å². The van der Waals surface area contributed by atoms with Gasteiger partial charge < -0.3 is 0 Å². The summed E-state index contributed by atoms with van der Waals surface area (Å²) in [7, 11) is 0. The van der Waals surface area contributed by atoms with Crippen LogP contribution in [0.5, 0.6) is 0 Å². The maximum absolute atomic E-state index is 12.7. The second kappa shape index (κ2) is 9.54. The molecule has 160 valence electrons. The molecule has 5 nitrogen and oxygen atoms in total. The molecule has 0 amide bonds. The van der Waals surface area contributed by atoms with Gasteiger partial charge in [-0.05, 0) is 30.0 Å². The maximum atomic E-state index is 12.7. The molecule has 31 heavy (non-hydrogen) atoms. The third kappa shape index (κ3) is 5.09. The van der Waals surface area contributed by atoms with Crippen molar-refractivity contribution in [1.29, 1.82) is 0 Å². The Morgan fingerprint density at radius 3 is 2.45 bits per heavy atom. The van der Waals surface area contributed by atoms with Gasteiger partial charge in [0.05, 0.1) is 5.69 Å². The first-order chi connectivity index (χ1) is 15.0. The lowest BCUT2D eigenvalue weighted by molar-refractivity contribution is 0.254. The van der Waals surface area contributed by atoms with E-state index in [-0.39, 0.29) is 5.56 Å². The van der Waals surface area contributed by atoms with Gasteiger partial charge in [-0.25, -0.2) is 4.98 Å².